The summed E-state index contributed by atoms with van der Waals surface area (Å²) in [5, 5.41) is 5.43. The van der Waals surface area contributed by atoms with E-state index in [0.29, 0.717) is 43.6 Å². The summed E-state index contributed by atoms with van der Waals surface area (Å²) in [5.41, 5.74) is 0.0242. The molecule has 4 amide bonds. The number of para-hydroxylation sites is 1. The second-order valence-electron chi connectivity index (χ2n) is 9.14. The van der Waals surface area contributed by atoms with E-state index in [9.17, 15) is 19.2 Å². The minimum Gasteiger partial charge on any atom is -0.444 e. The zero-order valence-corrected chi connectivity index (χ0v) is 19.1. The van der Waals surface area contributed by atoms with Gasteiger partial charge in [-0.3, -0.25) is 19.3 Å². The number of benzene rings is 1. The minimum atomic E-state index is -0.668. The number of likely N-dealkylation sites (N-methyl/N-ethyl adjacent to an activating group) is 1. The molecule has 1 aromatic rings. The zero-order valence-electron chi connectivity index (χ0n) is 19.1. The Balaban J connectivity index is 1.76. The fraction of sp³-hybridized carbons (Fsp3) is 0.565. The van der Waals surface area contributed by atoms with E-state index in [2.05, 4.69) is 10.6 Å². The number of rotatable bonds is 4. The van der Waals surface area contributed by atoms with E-state index < -0.39 is 23.8 Å². The molecule has 9 nitrogen and oxygen atoms in total. The van der Waals surface area contributed by atoms with Gasteiger partial charge in [-0.05, 0) is 58.6 Å². The quantitative estimate of drug-likeness (QED) is 0.741. The summed E-state index contributed by atoms with van der Waals surface area (Å²) in [4.78, 5) is 54.0. The van der Waals surface area contributed by atoms with Crippen LogP contribution in [0, 0.1) is 0 Å². The standard InChI is InChI=1S/C23H32N4O5/c1-23(2,3)32-22(31)27-14-8-12-18(27)20(29)25-16-10-6-5-9-15(16)21(30)26-13-7-11-17(26)19(28)24-4/h5-6,9-10,17-18H,7-8,11-14H2,1-4H3,(H,24,28)(H,25,29). The van der Waals surface area contributed by atoms with Crippen molar-refractivity contribution < 1.29 is 23.9 Å². The molecule has 9 heteroatoms. The minimum absolute atomic E-state index is 0.198. The molecule has 0 saturated carbocycles. The van der Waals surface area contributed by atoms with Crippen LogP contribution in [0.25, 0.3) is 0 Å². The third-order valence-corrected chi connectivity index (χ3v) is 5.66. The smallest absolute Gasteiger partial charge is 0.410 e. The summed E-state index contributed by atoms with van der Waals surface area (Å²) >= 11 is 0. The van der Waals surface area contributed by atoms with Crippen molar-refractivity contribution in [2.75, 3.05) is 25.5 Å². The Labute approximate surface area is 188 Å². The summed E-state index contributed by atoms with van der Waals surface area (Å²) in [6, 6.07) is 5.55. The van der Waals surface area contributed by atoms with Crippen molar-refractivity contribution in [1.29, 1.82) is 0 Å². The summed E-state index contributed by atoms with van der Waals surface area (Å²) in [6.45, 7) is 6.26. The largest absolute Gasteiger partial charge is 0.444 e. The van der Waals surface area contributed by atoms with Crippen molar-refractivity contribution in [3.05, 3.63) is 29.8 Å². The van der Waals surface area contributed by atoms with E-state index in [0.717, 1.165) is 6.42 Å². The van der Waals surface area contributed by atoms with Crippen LogP contribution in [0.5, 0.6) is 0 Å². The first-order valence-corrected chi connectivity index (χ1v) is 11.0. The maximum atomic E-state index is 13.2. The van der Waals surface area contributed by atoms with Gasteiger partial charge in [0.15, 0.2) is 0 Å². The number of carbonyl (C=O) groups is 4. The van der Waals surface area contributed by atoms with Crippen molar-refractivity contribution in [3.63, 3.8) is 0 Å². The first-order valence-electron chi connectivity index (χ1n) is 11.0. The van der Waals surface area contributed by atoms with Gasteiger partial charge in [-0.15, -0.1) is 0 Å². The molecule has 2 aliphatic heterocycles. The van der Waals surface area contributed by atoms with E-state index in [1.165, 1.54) is 4.90 Å². The Bertz CT molecular complexity index is 895. The number of amides is 4. The molecule has 0 radical (unpaired) electrons. The van der Waals surface area contributed by atoms with Gasteiger partial charge in [0, 0.05) is 20.1 Å². The number of likely N-dealkylation sites (tertiary alicyclic amines) is 2. The van der Waals surface area contributed by atoms with Crippen LogP contribution < -0.4 is 10.6 Å². The normalized spacial score (nSPS) is 20.8. The lowest BCUT2D eigenvalue weighted by Gasteiger charge is -2.28. The third kappa shape index (κ3) is 5.20. The molecule has 2 fully saturated rings. The van der Waals surface area contributed by atoms with Crippen molar-refractivity contribution in [2.45, 2.75) is 64.1 Å². The predicted molar refractivity (Wildman–Crippen MR) is 119 cm³/mol. The Morgan fingerprint density at radius 1 is 0.938 bits per heavy atom. The van der Waals surface area contributed by atoms with Gasteiger partial charge in [-0.2, -0.15) is 0 Å². The molecule has 0 aliphatic carbocycles. The van der Waals surface area contributed by atoms with Crippen molar-refractivity contribution in [1.82, 2.24) is 15.1 Å². The van der Waals surface area contributed by atoms with E-state index in [1.54, 1.807) is 57.0 Å². The van der Waals surface area contributed by atoms with E-state index >= 15 is 0 Å². The van der Waals surface area contributed by atoms with Crippen LogP contribution in [0.4, 0.5) is 10.5 Å². The molecule has 2 atom stereocenters. The lowest BCUT2D eigenvalue weighted by atomic mass is 10.1. The molecule has 1 aromatic carbocycles. The van der Waals surface area contributed by atoms with Gasteiger partial charge >= 0.3 is 6.09 Å². The predicted octanol–water partition coefficient (Wildman–Crippen LogP) is 2.38. The summed E-state index contributed by atoms with van der Waals surface area (Å²) in [7, 11) is 1.55. The number of nitrogens with zero attached hydrogens (tertiary/aromatic N) is 2. The molecular weight excluding hydrogens is 412 g/mol. The van der Waals surface area contributed by atoms with Gasteiger partial charge in [0.2, 0.25) is 11.8 Å². The van der Waals surface area contributed by atoms with Gasteiger partial charge < -0.3 is 20.3 Å². The molecule has 0 aromatic heterocycles. The Morgan fingerprint density at radius 3 is 2.16 bits per heavy atom. The Morgan fingerprint density at radius 2 is 1.53 bits per heavy atom. The van der Waals surface area contributed by atoms with E-state index in [-0.39, 0.29) is 17.7 Å². The van der Waals surface area contributed by atoms with Gasteiger partial charge in [0.25, 0.3) is 5.91 Å². The molecule has 32 heavy (non-hydrogen) atoms. The fourth-order valence-electron chi connectivity index (χ4n) is 4.18. The number of carbonyl (C=O) groups excluding carboxylic acids is 4. The molecule has 174 valence electrons. The molecule has 2 N–H and O–H groups in total. The Hall–Kier alpha value is -3.10. The van der Waals surface area contributed by atoms with Gasteiger partial charge in [-0.25, -0.2) is 4.79 Å². The monoisotopic (exact) mass is 444 g/mol. The second-order valence-corrected chi connectivity index (χ2v) is 9.14. The molecule has 2 aliphatic rings. The first kappa shape index (κ1) is 23.6. The summed E-state index contributed by atoms with van der Waals surface area (Å²) in [5.74, 6) is -0.864. The number of ether oxygens (including phenoxy) is 1. The molecule has 3 rings (SSSR count). The highest BCUT2D eigenvalue weighted by Crippen LogP contribution is 2.26. The van der Waals surface area contributed by atoms with Crippen LogP contribution in [0.1, 0.15) is 56.8 Å². The number of nitrogens with one attached hydrogen (secondary N) is 2. The third-order valence-electron chi connectivity index (χ3n) is 5.66. The molecular formula is C23H32N4O5. The molecule has 2 saturated heterocycles. The Kier molecular flexibility index (Phi) is 7.06. The van der Waals surface area contributed by atoms with Gasteiger partial charge in [-0.1, -0.05) is 12.1 Å². The van der Waals surface area contributed by atoms with E-state index in [4.69, 9.17) is 4.74 Å². The topological polar surface area (TPSA) is 108 Å². The maximum absolute atomic E-state index is 13.2. The molecule has 2 unspecified atom stereocenters. The molecule has 0 bridgehead atoms. The SMILES string of the molecule is CNC(=O)C1CCCN1C(=O)c1ccccc1NC(=O)C1CCCN1C(=O)OC(C)(C)C. The number of hydrogen-bond acceptors (Lipinski definition) is 5. The summed E-state index contributed by atoms with van der Waals surface area (Å²) in [6.07, 6.45) is 2.04. The van der Waals surface area contributed by atoms with Crippen molar-refractivity contribution >= 4 is 29.5 Å². The van der Waals surface area contributed by atoms with Crippen LogP contribution in [-0.2, 0) is 14.3 Å². The summed E-state index contributed by atoms with van der Waals surface area (Å²) < 4.78 is 5.43. The van der Waals surface area contributed by atoms with Crippen LogP contribution in [0.15, 0.2) is 24.3 Å². The van der Waals surface area contributed by atoms with Crippen molar-refractivity contribution in [3.8, 4) is 0 Å². The number of anilines is 1. The van der Waals surface area contributed by atoms with Crippen LogP contribution in [-0.4, -0.2) is 71.4 Å². The fourth-order valence-corrected chi connectivity index (χ4v) is 4.18. The van der Waals surface area contributed by atoms with Gasteiger partial charge in [0.05, 0.1) is 11.3 Å². The maximum Gasteiger partial charge on any atom is 0.410 e. The van der Waals surface area contributed by atoms with Crippen LogP contribution in [0.2, 0.25) is 0 Å². The molecule has 2 heterocycles. The average molecular weight is 445 g/mol. The highest BCUT2D eigenvalue weighted by Gasteiger charge is 2.38. The highest BCUT2D eigenvalue weighted by molar-refractivity contribution is 6.06. The average Bonchev–Trinajstić information content (AvgIpc) is 3.41. The highest BCUT2D eigenvalue weighted by atomic mass is 16.6. The lowest BCUT2D eigenvalue weighted by molar-refractivity contribution is -0.124. The second kappa shape index (κ2) is 9.58. The zero-order chi connectivity index (χ0) is 23.5. The van der Waals surface area contributed by atoms with Crippen LogP contribution in [0.3, 0.4) is 0 Å². The first-order chi connectivity index (χ1) is 15.1. The molecule has 0 spiro atoms. The lowest BCUT2D eigenvalue weighted by Crippen LogP contribution is -2.46. The van der Waals surface area contributed by atoms with Crippen LogP contribution >= 0.6 is 0 Å². The van der Waals surface area contributed by atoms with Crippen molar-refractivity contribution in [2.24, 2.45) is 0 Å². The van der Waals surface area contributed by atoms with Gasteiger partial charge in [0.1, 0.15) is 17.7 Å². The van der Waals surface area contributed by atoms with E-state index in [1.807, 2.05) is 0 Å². The number of hydrogen-bond donors (Lipinski definition) is 2.